The van der Waals surface area contributed by atoms with Crippen LogP contribution >= 0.6 is 12.2 Å². The minimum Gasteiger partial charge on any atom is -0.332 e. The van der Waals surface area contributed by atoms with Crippen molar-refractivity contribution in [3.05, 3.63) is 65.2 Å². The molecule has 0 radical (unpaired) electrons. The fourth-order valence-electron chi connectivity index (χ4n) is 2.90. The summed E-state index contributed by atoms with van der Waals surface area (Å²) in [7, 11) is 4.08. The van der Waals surface area contributed by atoms with Crippen molar-refractivity contribution < 1.29 is 9.59 Å². The fourth-order valence-corrected chi connectivity index (χ4v) is 3.11. The van der Waals surface area contributed by atoms with Crippen molar-refractivity contribution in [2.45, 2.75) is 32.6 Å². The van der Waals surface area contributed by atoms with Gasteiger partial charge in [-0.05, 0) is 82.5 Å². The number of carbonyl (C=O) groups excluding carboxylic acids is 2. The summed E-state index contributed by atoms with van der Waals surface area (Å²) in [5.74, 6) is 0.00749. The van der Waals surface area contributed by atoms with Gasteiger partial charge in [0.2, 0.25) is 0 Å². The van der Waals surface area contributed by atoms with E-state index < -0.39 is 0 Å². The molecule has 2 aromatic rings. The number of unbranched alkanes of at least 4 members (excludes halogenated alkanes) is 1. The number of carbonyl (C=O) groups is 2. The highest BCUT2D eigenvalue weighted by atomic mass is 32.1. The maximum atomic E-state index is 12.2. The van der Waals surface area contributed by atoms with Gasteiger partial charge in [-0.3, -0.25) is 14.9 Å². The Hall–Kier alpha value is -2.57. The number of ketones is 1. The predicted molar refractivity (Wildman–Crippen MR) is 122 cm³/mol. The Balaban J connectivity index is 1.78. The minimum absolute atomic E-state index is 0.237. The van der Waals surface area contributed by atoms with E-state index in [1.165, 1.54) is 0 Å². The number of hydrogen-bond donors (Lipinski definition) is 2. The quantitative estimate of drug-likeness (QED) is 0.483. The van der Waals surface area contributed by atoms with Crippen molar-refractivity contribution in [3.63, 3.8) is 0 Å². The molecule has 0 aliphatic heterocycles. The van der Waals surface area contributed by atoms with Crippen LogP contribution in [0.1, 0.15) is 40.7 Å². The Morgan fingerprint density at radius 2 is 1.76 bits per heavy atom. The number of thiocarbonyl (C=S) groups is 1. The summed E-state index contributed by atoms with van der Waals surface area (Å²) in [6.07, 6.45) is 3.01. The molecule has 0 bridgehead atoms. The lowest BCUT2D eigenvalue weighted by Crippen LogP contribution is -2.34. The fraction of sp³-hybridized carbons (Fsp3) is 0.348. The molecule has 0 aliphatic carbocycles. The molecule has 0 saturated heterocycles. The van der Waals surface area contributed by atoms with Crippen LogP contribution in [0.2, 0.25) is 0 Å². The first-order chi connectivity index (χ1) is 13.8. The molecular formula is C23H29N3O2S. The lowest BCUT2D eigenvalue weighted by Gasteiger charge is -2.11. The molecule has 0 aliphatic rings. The monoisotopic (exact) mass is 411 g/mol. The summed E-state index contributed by atoms with van der Waals surface area (Å²) in [5, 5.41) is 5.92. The zero-order valence-corrected chi connectivity index (χ0v) is 18.1. The van der Waals surface area contributed by atoms with Crippen LogP contribution in [-0.4, -0.2) is 42.3 Å². The molecular weight excluding hydrogens is 382 g/mol. The number of amides is 1. The van der Waals surface area contributed by atoms with Crippen molar-refractivity contribution in [3.8, 4) is 0 Å². The largest absolute Gasteiger partial charge is 0.332 e. The van der Waals surface area contributed by atoms with Crippen LogP contribution in [0.4, 0.5) is 5.69 Å². The summed E-state index contributed by atoms with van der Waals surface area (Å²) in [4.78, 5) is 26.5. The Kier molecular flexibility index (Phi) is 8.96. The molecule has 0 heterocycles. The summed E-state index contributed by atoms with van der Waals surface area (Å²) in [5.41, 5.74) is 3.32. The van der Waals surface area contributed by atoms with Gasteiger partial charge in [-0.1, -0.05) is 29.8 Å². The van der Waals surface area contributed by atoms with Crippen molar-refractivity contribution in [2.24, 2.45) is 0 Å². The molecule has 154 valence electrons. The number of benzene rings is 2. The number of nitrogens with zero attached hydrogens (tertiary/aromatic N) is 1. The van der Waals surface area contributed by atoms with Gasteiger partial charge in [0.1, 0.15) is 5.78 Å². The van der Waals surface area contributed by atoms with E-state index in [-0.39, 0.29) is 16.8 Å². The van der Waals surface area contributed by atoms with Crippen molar-refractivity contribution in [2.75, 3.05) is 26.0 Å². The zero-order chi connectivity index (χ0) is 21.2. The highest BCUT2D eigenvalue weighted by Crippen LogP contribution is 2.12. The van der Waals surface area contributed by atoms with E-state index >= 15 is 0 Å². The smallest absolute Gasteiger partial charge is 0.257 e. The Morgan fingerprint density at radius 1 is 1.03 bits per heavy atom. The molecule has 0 unspecified atom stereocenters. The lowest BCUT2D eigenvalue weighted by molar-refractivity contribution is -0.118. The number of aryl methyl sites for hydroxylation is 1. The van der Waals surface area contributed by atoms with Crippen LogP contribution in [0.25, 0.3) is 0 Å². The zero-order valence-electron chi connectivity index (χ0n) is 17.3. The van der Waals surface area contributed by atoms with Crippen LogP contribution in [0.5, 0.6) is 0 Å². The normalized spacial score (nSPS) is 10.6. The third-order valence-corrected chi connectivity index (χ3v) is 4.64. The van der Waals surface area contributed by atoms with E-state index in [0.717, 1.165) is 36.2 Å². The van der Waals surface area contributed by atoms with Crippen LogP contribution < -0.4 is 10.6 Å². The third kappa shape index (κ3) is 8.54. The number of rotatable bonds is 9. The Bertz CT molecular complexity index is 847. The van der Waals surface area contributed by atoms with Gasteiger partial charge in [0, 0.05) is 24.1 Å². The molecule has 29 heavy (non-hydrogen) atoms. The highest BCUT2D eigenvalue weighted by Gasteiger charge is 2.09. The standard InChI is InChI=1S/C23H29N3O2S/c1-17-7-6-8-19(15-17)22(28)25-23(29)24-20-12-10-18(11-13-20)16-21(27)9-4-5-14-26(2)3/h6-8,10-13,15H,4-5,9,14,16H2,1-3H3,(H2,24,25,28,29). The van der Waals surface area contributed by atoms with E-state index in [1.807, 2.05) is 63.5 Å². The average Bonchev–Trinajstić information content (AvgIpc) is 2.66. The molecule has 6 heteroatoms. The van der Waals surface area contributed by atoms with Crippen molar-refractivity contribution >= 4 is 34.7 Å². The number of hydrogen-bond acceptors (Lipinski definition) is 4. The second-order valence-electron chi connectivity index (χ2n) is 7.45. The lowest BCUT2D eigenvalue weighted by atomic mass is 10.0. The van der Waals surface area contributed by atoms with Crippen LogP contribution in [-0.2, 0) is 11.2 Å². The van der Waals surface area contributed by atoms with Gasteiger partial charge in [-0.15, -0.1) is 0 Å². The van der Waals surface area contributed by atoms with E-state index in [0.29, 0.717) is 18.4 Å². The molecule has 1 amide bonds. The first-order valence-corrected chi connectivity index (χ1v) is 10.2. The molecule has 2 aromatic carbocycles. The van der Waals surface area contributed by atoms with E-state index in [4.69, 9.17) is 12.2 Å². The molecule has 2 N–H and O–H groups in total. The van der Waals surface area contributed by atoms with Gasteiger partial charge in [0.25, 0.3) is 5.91 Å². The molecule has 5 nitrogen and oxygen atoms in total. The van der Waals surface area contributed by atoms with Crippen LogP contribution in [0.3, 0.4) is 0 Å². The Morgan fingerprint density at radius 3 is 2.41 bits per heavy atom. The van der Waals surface area contributed by atoms with Crippen molar-refractivity contribution in [1.82, 2.24) is 10.2 Å². The minimum atomic E-state index is -0.248. The Labute approximate surface area is 178 Å². The van der Waals surface area contributed by atoms with Gasteiger partial charge in [0.15, 0.2) is 5.11 Å². The molecule has 0 aromatic heterocycles. The molecule has 0 saturated carbocycles. The second-order valence-corrected chi connectivity index (χ2v) is 7.86. The summed E-state index contributed by atoms with van der Waals surface area (Å²) < 4.78 is 0. The summed E-state index contributed by atoms with van der Waals surface area (Å²) in [6, 6.07) is 14.9. The highest BCUT2D eigenvalue weighted by molar-refractivity contribution is 7.80. The number of anilines is 1. The van der Waals surface area contributed by atoms with Gasteiger partial charge in [-0.2, -0.15) is 0 Å². The second kappa shape index (κ2) is 11.4. The molecule has 0 spiro atoms. The maximum Gasteiger partial charge on any atom is 0.257 e. The summed E-state index contributed by atoms with van der Waals surface area (Å²) in [6.45, 7) is 2.94. The van der Waals surface area contributed by atoms with Crippen LogP contribution in [0, 0.1) is 6.92 Å². The van der Waals surface area contributed by atoms with Crippen LogP contribution in [0.15, 0.2) is 48.5 Å². The number of nitrogens with one attached hydrogen (secondary N) is 2. The molecule has 0 atom stereocenters. The molecule has 2 rings (SSSR count). The average molecular weight is 412 g/mol. The summed E-state index contributed by atoms with van der Waals surface area (Å²) >= 11 is 5.22. The van der Waals surface area contributed by atoms with Gasteiger partial charge >= 0.3 is 0 Å². The third-order valence-electron chi connectivity index (χ3n) is 4.43. The van der Waals surface area contributed by atoms with Crippen molar-refractivity contribution in [1.29, 1.82) is 0 Å². The van der Waals surface area contributed by atoms with E-state index in [2.05, 4.69) is 15.5 Å². The topological polar surface area (TPSA) is 61.4 Å². The first-order valence-electron chi connectivity index (χ1n) is 9.78. The predicted octanol–water partition coefficient (Wildman–Crippen LogP) is 3.97. The first kappa shape index (κ1) is 22.7. The SMILES string of the molecule is Cc1cccc(C(=O)NC(=S)Nc2ccc(CC(=O)CCCCN(C)C)cc2)c1. The van der Waals surface area contributed by atoms with E-state index in [9.17, 15) is 9.59 Å². The number of Topliss-reactive ketones (excluding diaryl/α,β-unsaturated/α-hetero) is 1. The van der Waals surface area contributed by atoms with Gasteiger partial charge in [-0.25, -0.2) is 0 Å². The van der Waals surface area contributed by atoms with Gasteiger partial charge < -0.3 is 10.2 Å². The van der Waals surface area contributed by atoms with Gasteiger partial charge in [0.05, 0.1) is 0 Å². The van der Waals surface area contributed by atoms with E-state index in [1.54, 1.807) is 6.07 Å². The molecule has 0 fully saturated rings. The maximum absolute atomic E-state index is 12.2.